The van der Waals surface area contributed by atoms with Gasteiger partial charge in [0.05, 0.1) is 17.1 Å². The Balaban J connectivity index is 1.43. The van der Waals surface area contributed by atoms with Gasteiger partial charge in [0.15, 0.2) is 11.2 Å². The number of carbonyl (C=O) groups is 1. The van der Waals surface area contributed by atoms with Crippen LogP contribution in [-0.4, -0.2) is 36.3 Å². The molecule has 0 saturated carbocycles. The second-order valence-corrected chi connectivity index (χ2v) is 10.4. The van der Waals surface area contributed by atoms with Crippen LogP contribution in [-0.2, 0) is 27.8 Å². The third-order valence-corrected chi connectivity index (χ3v) is 7.87. The Morgan fingerprint density at radius 2 is 1.87 bits per heavy atom. The normalized spacial score (nSPS) is 15.2. The summed E-state index contributed by atoms with van der Waals surface area (Å²) in [5.41, 5.74) is 1.83. The molecule has 1 N–H and O–H groups in total. The molecule has 2 heterocycles. The molecular weight excluding hydrogens is 434 g/mol. The topological polar surface area (TPSA) is 88.6 Å². The molecule has 0 radical (unpaired) electrons. The van der Waals surface area contributed by atoms with Crippen molar-refractivity contribution in [3.8, 4) is 5.75 Å². The number of nitrogens with one attached hydrogen (secondary N) is 1. The molecule has 2 aromatic carbocycles. The highest BCUT2D eigenvalue weighted by molar-refractivity contribution is 7.89. The maximum atomic E-state index is 13.0. The molecule has 0 bridgehead atoms. The summed E-state index contributed by atoms with van der Waals surface area (Å²) in [7, 11) is -3.58. The third kappa shape index (κ3) is 4.79. The quantitative estimate of drug-likeness (QED) is 0.611. The second-order valence-electron chi connectivity index (χ2n) is 7.35. The lowest BCUT2D eigenvalue weighted by atomic mass is 10.2. The smallest absolute Gasteiger partial charge is 0.266 e. The molecule has 1 atom stereocenters. The number of para-hydroxylation sites is 1. The number of hydrogen-bond acceptors (Lipinski definition) is 6. The predicted molar refractivity (Wildman–Crippen MR) is 120 cm³/mol. The number of thiazole rings is 1. The first kappa shape index (κ1) is 21.5. The van der Waals surface area contributed by atoms with Crippen LogP contribution in [0.3, 0.4) is 0 Å². The molecule has 0 aliphatic carbocycles. The minimum atomic E-state index is -3.58. The van der Waals surface area contributed by atoms with E-state index in [4.69, 9.17) is 4.74 Å². The Hall–Kier alpha value is -2.75. The molecule has 7 nitrogen and oxygen atoms in total. The van der Waals surface area contributed by atoms with Gasteiger partial charge in [-0.25, -0.2) is 13.4 Å². The highest BCUT2D eigenvalue weighted by Gasteiger charge is 2.30. The van der Waals surface area contributed by atoms with Crippen LogP contribution in [0.4, 0.5) is 5.13 Å². The van der Waals surface area contributed by atoms with Crippen molar-refractivity contribution in [2.24, 2.45) is 0 Å². The van der Waals surface area contributed by atoms with Crippen molar-refractivity contribution < 1.29 is 17.9 Å². The molecule has 162 valence electrons. The average Bonchev–Trinajstić information content (AvgIpc) is 3.16. The van der Waals surface area contributed by atoms with E-state index < -0.39 is 16.1 Å². The summed E-state index contributed by atoms with van der Waals surface area (Å²) in [5.74, 6) is 0.305. The molecule has 0 unspecified atom stereocenters. The number of carbonyl (C=O) groups excluding carboxylic acids is 1. The Bertz CT molecular complexity index is 1180. The Morgan fingerprint density at radius 1 is 1.16 bits per heavy atom. The summed E-state index contributed by atoms with van der Waals surface area (Å²) in [6.07, 6.45) is -0.190. The molecule has 3 aromatic rings. The van der Waals surface area contributed by atoms with E-state index in [1.165, 1.54) is 15.6 Å². The SMILES string of the molecule is Cc1ccc(S(=O)(=O)N2CCc3nc(NC(=O)[C@H](C)Oc4ccccc4)sc3C2)cc1. The van der Waals surface area contributed by atoms with Crippen LogP contribution in [0, 0.1) is 6.92 Å². The van der Waals surface area contributed by atoms with Crippen LogP contribution in [0.2, 0.25) is 0 Å². The Kier molecular flexibility index (Phi) is 6.08. The van der Waals surface area contributed by atoms with E-state index in [0.29, 0.717) is 23.8 Å². The highest BCUT2D eigenvalue weighted by Crippen LogP contribution is 2.31. The van der Waals surface area contributed by atoms with Crippen LogP contribution in [0.1, 0.15) is 23.1 Å². The molecule has 0 spiro atoms. The van der Waals surface area contributed by atoms with Crippen molar-refractivity contribution in [2.45, 2.75) is 37.8 Å². The molecule has 1 aliphatic heterocycles. The van der Waals surface area contributed by atoms with Crippen LogP contribution in [0.15, 0.2) is 59.5 Å². The van der Waals surface area contributed by atoms with Crippen LogP contribution >= 0.6 is 11.3 Å². The number of aromatic nitrogens is 1. The molecule has 0 saturated heterocycles. The maximum Gasteiger partial charge on any atom is 0.266 e. The lowest BCUT2D eigenvalue weighted by molar-refractivity contribution is -0.122. The van der Waals surface area contributed by atoms with E-state index in [0.717, 1.165) is 16.1 Å². The summed E-state index contributed by atoms with van der Waals surface area (Å²) < 4.78 is 33.1. The number of benzene rings is 2. The lowest BCUT2D eigenvalue weighted by Gasteiger charge is -2.25. The summed E-state index contributed by atoms with van der Waals surface area (Å²) in [6.45, 7) is 4.19. The molecule has 1 amide bonds. The summed E-state index contributed by atoms with van der Waals surface area (Å²) >= 11 is 1.30. The first-order chi connectivity index (χ1) is 14.8. The fourth-order valence-electron chi connectivity index (χ4n) is 3.25. The zero-order valence-electron chi connectivity index (χ0n) is 17.2. The van der Waals surface area contributed by atoms with Crippen molar-refractivity contribution in [1.29, 1.82) is 0 Å². The summed E-state index contributed by atoms with van der Waals surface area (Å²) in [5, 5.41) is 3.24. The van der Waals surface area contributed by atoms with E-state index in [1.54, 1.807) is 43.3 Å². The van der Waals surface area contributed by atoms with Crippen molar-refractivity contribution in [2.75, 3.05) is 11.9 Å². The van der Waals surface area contributed by atoms with Gasteiger partial charge in [0.25, 0.3) is 5.91 Å². The number of rotatable bonds is 6. The van der Waals surface area contributed by atoms with Gasteiger partial charge in [-0.05, 0) is 38.1 Å². The van der Waals surface area contributed by atoms with E-state index >= 15 is 0 Å². The van der Waals surface area contributed by atoms with Crippen LogP contribution < -0.4 is 10.1 Å². The number of hydrogen-bond donors (Lipinski definition) is 1. The van der Waals surface area contributed by atoms with E-state index in [-0.39, 0.29) is 17.3 Å². The van der Waals surface area contributed by atoms with Crippen LogP contribution in [0.25, 0.3) is 0 Å². The molecule has 0 fully saturated rings. The van der Waals surface area contributed by atoms with Gasteiger partial charge in [0, 0.05) is 17.8 Å². The van der Waals surface area contributed by atoms with Crippen LogP contribution in [0.5, 0.6) is 5.75 Å². The Labute approximate surface area is 185 Å². The predicted octanol–water partition coefficient (Wildman–Crippen LogP) is 3.60. The van der Waals surface area contributed by atoms with Gasteiger partial charge >= 0.3 is 0 Å². The number of amides is 1. The minimum Gasteiger partial charge on any atom is -0.481 e. The van der Waals surface area contributed by atoms with Gasteiger partial charge in [-0.15, -0.1) is 11.3 Å². The van der Waals surface area contributed by atoms with Gasteiger partial charge in [0.2, 0.25) is 10.0 Å². The monoisotopic (exact) mass is 457 g/mol. The van der Waals surface area contributed by atoms with E-state index in [9.17, 15) is 13.2 Å². The second kappa shape index (κ2) is 8.78. The number of anilines is 1. The van der Waals surface area contributed by atoms with Crippen molar-refractivity contribution in [3.05, 3.63) is 70.7 Å². The van der Waals surface area contributed by atoms with E-state index in [1.807, 2.05) is 25.1 Å². The fraction of sp³-hybridized carbons (Fsp3) is 0.273. The van der Waals surface area contributed by atoms with Gasteiger partial charge in [-0.2, -0.15) is 4.31 Å². The Morgan fingerprint density at radius 3 is 2.58 bits per heavy atom. The standard InChI is InChI=1S/C22H23N3O4S2/c1-15-8-10-18(11-9-15)31(27,28)25-13-12-19-20(14-25)30-22(23-19)24-21(26)16(2)29-17-6-4-3-5-7-17/h3-11,16H,12-14H2,1-2H3,(H,23,24,26)/t16-/m0/s1. The van der Waals surface area contributed by atoms with Crippen molar-refractivity contribution in [1.82, 2.24) is 9.29 Å². The first-order valence-corrected chi connectivity index (χ1v) is 12.2. The van der Waals surface area contributed by atoms with Gasteiger partial charge < -0.3 is 4.74 Å². The molecule has 1 aliphatic rings. The van der Waals surface area contributed by atoms with Crippen molar-refractivity contribution in [3.63, 3.8) is 0 Å². The number of aryl methyl sites for hydroxylation is 1. The molecular formula is C22H23N3O4S2. The number of fused-ring (bicyclic) bond motifs is 1. The maximum absolute atomic E-state index is 13.0. The average molecular weight is 458 g/mol. The first-order valence-electron chi connectivity index (χ1n) is 9.91. The highest BCUT2D eigenvalue weighted by atomic mass is 32.2. The largest absolute Gasteiger partial charge is 0.481 e. The van der Waals surface area contributed by atoms with Crippen molar-refractivity contribution >= 4 is 32.4 Å². The zero-order chi connectivity index (χ0) is 22.0. The molecule has 4 rings (SSSR count). The molecule has 9 heteroatoms. The summed E-state index contributed by atoms with van der Waals surface area (Å²) in [4.78, 5) is 18.1. The number of sulfonamides is 1. The molecule has 1 aromatic heterocycles. The summed E-state index contributed by atoms with van der Waals surface area (Å²) in [6, 6.07) is 16.0. The lowest BCUT2D eigenvalue weighted by Crippen LogP contribution is -2.35. The van der Waals surface area contributed by atoms with Gasteiger partial charge in [0.1, 0.15) is 5.75 Å². The van der Waals surface area contributed by atoms with Gasteiger partial charge in [-0.1, -0.05) is 35.9 Å². The minimum absolute atomic E-state index is 0.245. The number of nitrogens with zero attached hydrogens (tertiary/aromatic N) is 2. The van der Waals surface area contributed by atoms with Gasteiger partial charge in [-0.3, -0.25) is 10.1 Å². The number of ether oxygens (including phenoxy) is 1. The zero-order valence-corrected chi connectivity index (χ0v) is 18.9. The van der Waals surface area contributed by atoms with E-state index in [2.05, 4.69) is 10.3 Å². The third-order valence-electron chi connectivity index (χ3n) is 5.01. The molecule has 31 heavy (non-hydrogen) atoms. The fourth-order valence-corrected chi connectivity index (χ4v) is 5.77.